The van der Waals surface area contributed by atoms with Crippen LogP contribution < -0.4 is 15.6 Å². The second-order valence-corrected chi connectivity index (χ2v) is 7.41. The Balaban J connectivity index is 1.72. The maximum atomic E-state index is 13.2. The highest BCUT2D eigenvalue weighted by Gasteiger charge is 2.12. The van der Waals surface area contributed by atoms with Crippen LogP contribution in [0.2, 0.25) is 0 Å². The fourth-order valence-electron chi connectivity index (χ4n) is 3.49. The summed E-state index contributed by atoms with van der Waals surface area (Å²) < 4.78 is 11.5. The molecule has 0 radical (unpaired) electrons. The number of fused-ring (bicyclic) bond motifs is 1. The van der Waals surface area contributed by atoms with Crippen molar-refractivity contribution in [3.8, 4) is 5.75 Å². The zero-order valence-electron chi connectivity index (χ0n) is 18.3. The van der Waals surface area contributed by atoms with Gasteiger partial charge in [0.1, 0.15) is 17.1 Å². The lowest BCUT2D eigenvalue weighted by Crippen LogP contribution is -2.24. The Labute approximate surface area is 182 Å². The molecular formula is C24H29N3O4. The van der Waals surface area contributed by atoms with E-state index in [-0.39, 0.29) is 11.5 Å². The van der Waals surface area contributed by atoms with Gasteiger partial charge in [0.15, 0.2) is 0 Å². The number of anilines is 1. The van der Waals surface area contributed by atoms with Crippen molar-refractivity contribution >= 4 is 22.6 Å². The second-order valence-electron chi connectivity index (χ2n) is 7.41. The summed E-state index contributed by atoms with van der Waals surface area (Å²) >= 11 is 0. The Morgan fingerprint density at radius 3 is 2.55 bits per heavy atom. The Bertz CT molecular complexity index is 1090. The Morgan fingerprint density at radius 1 is 1.06 bits per heavy atom. The molecule has 1 N–H and O–H groups in total. The van der Waals surface area contributed by atoms with Crippen LogP contribution in [0.5, 0.6) is 5.75 Å². The summed E-state index contributed by atoms with van der Waals surface area (Å²) in [6.07, 6.45) is 3.09. The van der Waals surface area contributed by atoms with E-state index >= 15 is 0 Å². The number of nitrogens with zero attached hydrogens (tertiary/aromatic N) is 2. The zero-order chi connectivity index (χ0) is 22.2. The Kier molecular flexibility index (Phi) is 7.65. The number of benzene rings is 2. The van der Waals surface area contributed by atoms with Crippen LogP contribution >= 0.6 is 0 Å². The van der Waals surface area contributed by atoms with Gasteiger partial charge in [-0.3, -0.25) is 14.2 Å². The number of carbonyl (C=O) groups is 1. The minimum Gasteiger partial charge on any atom is -0.497 e. The van der Waals surface area contributed by atoms with E-state index in [0.717, 1.165) is 42.8 Å². The molecule has 0 fully saturated rings. The van der Waals surface area contributed by atoms with Crippen LogP contribution in [-0.4, -0.2) is 36.3 Å². The minimum atomic E-state index is -0.174. The lowest BCUT2D eigenvalue weighted by atomic mass is 10.1. The van der Waals surface area contributed by atoms with Crippen molar-refractivity contribution in [2.24, 2.45) is 0 Å². The molecule has 3 rings (SSSR count). The highest BCUT2D eigenvalue weighted by molar-refractivity contribution is 5.89. The van der Waals surface area contributed by atoms with Gasteiger partial charge in [0.25, 0.3) is 5.56 Å². The summed E-state index contributed by atoms with van der Waals surface area (Å²) in [6.45, 7) is 3.05. The first-order chi connectivity index (χ1) is 15.0. The third-order valence-electron chi connectivity index (χ3n) is 5.28. The first-order valence-electron chi connectivity index (χ1n) is 10.5. The molecule has 0 aliphatic heterocycles. The van der Waals surface area contributed by atoms with Gasteiger partial charge in [0.05, 0.1) is 31.8 Å². The predicted molar refractivity (Wildman–Crippen MR) is 122 cm³/mol. The summed E-state index contributed by atoms with van der Waals surface area (Å²) in [6, 6.07) is 13.3. The van der Waals surface area contributed by atoms with Gasteiger partial charge in [-0.25, -0.2) is 4.98 Å². The van der Waals surface area contributed by atoms with Crippen molar-refractivity contribution in [2.45, 2.75) is 39.2 Å². The van der Waals surface area contributed by atoms with Crippen LogP contribution in [0.1, 0.15) is 37.1 Å². The van der Waals surface area contributed by atoms with E-state index in [2.05, 4.69) is 10.1 Å². The topological polar surface area (TPSA) is 82.5 Å². The summed E-state index contributed by atoms with van der Waals surface area (Å²) in [5.41, 5.74) is 2.49. The molecule has 0 amide bonds. The van der Waals surface area contributed by atoms with Crippen LogP contribution in [0.3, 0.4) is 0 Å². The molecule has 0 bridgehead atoms. The summed E-state index contributed by atoms with van der Waals surface area (Å²) in [5.74, 6) is 1.28. The highest BCUT2D eigenvalue weighted by atomic mass is 16.5. The quantitative estimate of drug-likeness (QED) is 0.393. The van der Waals surface area contributed by atoms with Crippen LogP contribution in [0.4, 0.5) is 5.69 Å². The van der Waals surface area contributed by atoms with Gasteiger partial charge in [-0.05, 0) is 49.6 Å². The molecule has 1 heterocycles. The standard InChI is InChI=1S/C24H29N3O4/c1-17-26-23-20(24(29)27(17)16-18-11-13-19(30-2)14-12-18)8-7-9-21(23)25-15-6-4-5-10-22(28)31-3/h7-9,11-14,25H,4-6,10,15-16H2,1-3H3. The number of unbranched alkanes of at least 4 members (excludes halogenated alkanes) is 2. The molecule has 7 heteroatoms. The third kappa shape index (κ3) is 5.63. The number of aryl methyl sites for hydroxylation is 1. The number of rotatable bonds is 10. The molecule has 0 saturated heterocycles. The summed E-state index contributed by atoms with van der Waals surface area (Å²) in [4.78, 5) is 29.1. The fraction of sp³-hybridized carbons (Fsp3) is 0.375. The molecule has 0 spiro atoms. The molecule has 0 aliphatic rings. The maximum Gasteiger partial charge on any atom is 0.305 e. The molecule has 164 valence electrons. The molecule has 2 aromatic carbocycles. The second kappa shape index (κ2) is 10.6. The predicted octanol–water partition coefficient (Wildman–Crippen LogP) is 3.91. The minimum absolute atomic E-state index is 0.0555. The number of hydrogen-bond acceptors (Lipinski definition) is 6. The number of ether oxygens (including phenoxy) is 2. The van der Waals surface area contributed by atoms with E-state index in [1.807, 2.05) is 49.4 Å². The van der Waals surface area contributed by atoms with E-state index in [1.165, 1.54) is 7.11 Å². The van der Waals surface area contributed by atoms with E-state index in [1.54, 1.807) is 11.7 Å². The Morgan fingerprint density at radius 2 is 1.84 bits per heavy atom. The average Bonchev–Trinajstić information content (AvgIpc) is 2.79. The van der Waals surface area contributed by atoms with Crippen molar-refractivity contribution in [3.63, 3.8) is 0 Å². The zero-order valence-corrected chi connectivity index (χ0v) is 18.3. The number of hydrogen-bond donors (Lipinski definition) is 1. The van der Waals surface area contributed by atoms with Crippen LogP contribution in [-0.2, 0) is 16.1 Å². The Hall–Kier alpha value is -3.35. The molecule has 0 aliphatic carbocycles. The molecule has 0 saturated carbocycles. The average molecular weight is 424 g/mol. The molecular weight excluding hydrogens is 394 g/mol. The van der Waals surface area contributed by atoms with Gasteiger partial charge in [0, 0.05) is 13.0 Å². The van der Waals surface area contributed by atoms with Crippen molar-refractivity contribution in [2.75, 3.05) is 26.1 Å². The summed E-state index contributed by atoms with van der Waals surface area (Å²) in [7, 11) is 3.04. The monoisotopic (exact) mass is 423 g/mol. The molecule has 3 aromatic rings. The molecule has 0 unspecified atom stereocenters. The van der Waals surface area contributed by atoms with E-state index in [9.17, 15) is 9.59 Å². The molecule has 1 aromatic heterocycles. The highest BCUT2D eigenvalue weighted by Crippen LogP contribution is 2.20. The van der Waals surface area contributed by atoms with E-state index in [0.29, 0.717) is 29.7 Å². The largest absolute Gasteiger partial charge is 0.497 e. The van der Waals surface area contributed by atoms with E-state index in [4.69, 9.17) is 9.72 Å². The number of esters is 1. The molecule has 31 heavy (non-hydrogen) atoms. The van der Waals surface area contributed by atoms with Gasteiger partial charge in [-0.2, -0.15) is 0 Å². The number of carbonyl (C=O) groups excluding carboxylic acids is 1. The molecule has 7 nitrogen and oxygen atoms in total. The molecule has 0 atom stereocenters. The van der Waals surface area contributed by atoms with Gasteiger partial charge in [-0.15, -0.1) is 0 Å². The van der Waals surface area contributed by atoms with Gasteiger partial charge < -0.3 is 14.8 Å². The number of methoxy groups -OCH3 is 2. The summed E-state index contributed by atoms with van der Waals surface area (Å²) in [5, 5.41) is 3.98. The van der Waals surface area contributed by atoms with Crippen molar-refractivity contribution in [1.29, 1.82) is 0 Å². The smallest absolute Gasteiger partial charge is 0.305 e. The number of para-hydroxylation sites is 1. The van der Waals surface area contributed by atoms with Crippen LogP contribution in [0.25, 0.3) is 10.9 Å². The lowest BCUT2D eigenvalue weighted by Gasteiger charge is -2.14. The number of aromatic nitrogens is 2. The van der Waals surface area contributed by atoms with Gasteiger partial charge in [-0.1, -0.05) is 24.6 Å². The first-order valence-corrected chi connectivity index (χ1v) is 10.5. The normalized spacial score (nSPS) is 10.8. The SMILES string of the molecule is COC(=O)CCCCCNc1cccc2c(=O)n(Cc3ccc(OC)cc3)c(C)nc12. The maximum absolute atomic E-state index is 13.2. The van der Waals surface area contributed by atoms with Crippen molar-refractivity contribution < 1.29 is 14.3 Å². The van der Waals surface area contributed by atoms with Gasteiger partial charge in [0.2, 0.25) is 0 Å². The van der Waals surface area contributed by atoms with E-state index < -0.39 is 0 Å². The van der Waals surface area contributed by atoms with Crippen LogP contribution in [0.15, 0.2) is 47.3 Å². The first kappa shape index (κ1) is 22.3. The van der Waals surface area contributed by atoms with Crippen molar-refractivity contribution in [3.05, 3.63) is 64.2 Å². The third-order valence-corrected chi connectivity index (χ3v) is 5.28. The van der Waals surface area contributed by atoms with Crippen molar-refractivity contribution in [1.82, 2.24) is 9.55 Å². The fourth-order valence-corrected chi connectivity index (χ4v) is 3.49. The lowest BCUT2D eigenvalue weighted by molar-refractivity contribution is -0.140. The number of nitrogens with one attached hydrogen (secondary N) is 1. The van der Waals surface area contributed by atoms with Crippen LogP contribution in [0, 0.1) is 6.92 Å². The van der Waals surface area contributed by atoms with Gasteiger partial charge >= 0.3 is 5.97 Å².